The van der Waals surface area contributed by atoms with E-state index < -0.39 is 0 Å². The first kappa shape index (κ1) is 26.4. The molecule has 0 atom stereocenters. The molecule has 37 heavy (non-hydrogen) atoms. The van der Waals surface area contributed by atoms with E-state index in [4.69, 9.17) is 16.3 Å². The molecule has 194 valence electrons. The Morgan fingerprint density at radius 3 is 2.59 bits per heavy atom. The van der Waals surface area contributed by atoms with Crippen LogP contribution < -0.4 is 20.3 Å². The summed E-state index contributed by atoms with van der Waals surface area (Å²) in [7, 11) is 6.02. The number of hydrogen-bond acceptors (Lipinski definition) is 8. The Kier molecular flexibility index (Phi) is 8.95. The molecule has 0 unspecified atom stereocenters. The van der Waals surface area contributed by atoms with Gasteiger partial charge in [-0.25, -0.2) is 4.98 Å². The number of nitrogens with one attached hydrogen (secondary N) is 2. The molecule has 0 aliphatic carbocycles. The van der Waals surface area contributed by atoms with Gasteiger partial charge < -0.3 is 30.1 Å². The number of nitrogens with zero attached hydrogens (tertiary/aromatic N) is 5. The first-order chi connectivity index (χ1) is 17.9. The van der Waals surface area contributed by atoms with Gasteiger partial charge in [0.15, 0.2) is 0 Å². The third-order valence-corrected chi connectivity index (χ3v) is 6.02. The molecule has 1 aliphatic heterocycles. The van der Waals surface area contributed by atoms with Crippen LogP contribution >= 0.6 is 11.6 Å². The van der Waals surface area contributed by atoms with E-state index in [0.717, 1.165) is 31.9 Å². The number of ether oxygens (including phenoxy) is 1. The van der Waals surface area contributed by atoms with Gasteiger partial charge >= 0.3 is 0 Å². The quantitative estimate of drug-likeness (QED) is 0.399. The van der Waals surface area contributed by atoms with Gasteiger partial charge in [0.2, 0.25) is 17.7 Å². The van der Waals surface area contributed by atoms with Crippen LogP contribution in [0.3, 0.4) is 0 Å². The Balaban J connectivity index is 1.39. The van der Waals surface area contributed by atoms with Crippen LogP contribution in [0.1, 0.15) is 0 Å². The number of likely N-dealkylation sites (N-methyl/N-ethyl adjacent to an activating group) is 2. The largest absolute Gasteiger partial charge is 0.437 e. The number of carbonyl (C=O) groups excluding carboxylic acids is 1. The molecule has 1 aliphatic rings. The zero-order chi connectivity index (χ0) is 26.2. The van der Waals surface area contributed by atoms with Crippen molar-refractivity contribution in [3.05, 3.63) is 71.9 Å². The lowest BCUT2D eigenvalue weighted by Crippen LogP contribution is -2.44. The maximum Gasteiger partial charge on any atom is 0.248 e. The topological polar surface area (TPSA) is 85.9 Å². The molecule has 0 spiro atoms. The Hall–Kier alpha value is -3.66. The van der Waals surface area contributed by atoms with Crippen molar-refractivity contribution in [3.63, 3.8) is 0 Å². The number of benzene rings is 2. The van der Waals surface area contributed by atoms with Crippen molar-refractivity contribution in [1.29, 1.82) is 0 Å². The fourth-order valence-electron chi connectivity index (χ4n) is 3.74. The summed E-state index contributed by atoms with van der Waals surface area (Å²) in [6.07, 6.45) is 4.79. The summed E-state index contributed by atoms with van der Waals surface area (Å²) >= 11 is 6.30. The molecule has 1 fully saturated rings. The van der Waals surface area contributed by atoms with Crippen LogP contribution in [-0.4, -0.2) is 79.5 Å². The summed E-state index contributed by atoms with van der Waals surface area (Å²) in [5.74, 6) is 0.840. The molecule has 1 aromatic heterocycles. The van der Waals surface area contributed by atoms with Gasteiger partial charge in [-0.15, -0.1) is 0 Å². The molecule has 2 aromatic carbocycles. The fraction of sp³-hybridized carbons (Fsp3) is 0.296. The number of hydrogen-bond donors (Lipinski definition) is 2. The van der Waals surface area contributed by atoms with Crippen molar-refractivity contribution in [2.24, 2.45) is 0 Å². The van der Waals surface area contributed by atoms with E-state index in [0.29, 0.717) is 23.9 Å². The molecular weight excluding hydrogens is 490 g/mol. The third kappa shape index (κ3) is 7.91. The third-order valence-electron chi connectivity index (χ3n) is 5.76. The van der Waals surface area contributed by atoms with Gasteiger partial charge in [0.05, 0.1) is 6.20 Å². The van der Waals surface area contributed by atoms with E-state index in [1.807, 2.05) is 31.1 Å². The average molecular weight is 522 g/mol. The molecule has 3 aromatic rings. The summed E-state index contributed by atoms with van der Waals surface area (Å²) < 4.78 is 5.92. The molecular formula is C27H32ClN7O2. The summed E-state index contributed by atoms with van der Waals surface area (Å²) in [5, 5.41) is 6.30. The number of aromatic nitrogens is 2. The van der Waals surface area contributed by atoms with E-state index >= 15 is 0 Å². The molecule has 1 amide bonds. The van der Waals surface area contributed by atoms with Crippen LogP contribution in [0.2, 0.25) is 5.02 Å². The highest BCUT2D eigenvalue weighted by atomic mass is 35.5. The smallest absolute Gasteiger partial charge is 0.248 e. The molecule has 0 bridgehead atoms. The molecule has 0 saturated carbocycles. The predicted molar refractivity (Wildman–Crippen MR) is 149 cm³/mol. The zero-order valence-electron chi connectivity index (χ0n) is 21.3. The predicted octanol–water partition coefficient (Wildman–Crippen LogP) is 4.47. The molecule has 2 N–H and O–H groups in total. The second-order valence-electron chi connectivity index (χ2n) is 9.09. The van der Waals surface area contributed by atoms with Crippen LogP contribution in [0.25, 0.3) is 0 Å². The van der Waals surface area contributed by atoms with Crippen molar-refractivity contribution in [1.82, 2.24) is 19.8 Å². The molecule has 9 nitrogen and oxygen atoms in total. The highest BCUT2D eigenvalue weighted by Crippen LogP contribution is 2.30. The van der Waals surface area contributed by atoms with E-state index in [9.17, 15) is 4.79 Å². The van der Waals surface area contributed by atoms with Gasteiger partial charge in [-0.3, -0.25) is 4.79 Å². The number of halogens is 1. The van der Waals surface area contributed by atoms with Crippen LogP contribution in [0.15, 0.2) is 66.9 Å². The van der Waals surface area contributed by atoms with Crippen molar-refractivity contribution >= 4 is 40.5 Å². The summed E-state index contributed by atoms with van der Waals surface area (Å²) in [4.78, 5) is 27.5. The lowest BCUT2D eigenvalue weighted by atomic mass is 10.2. The molecule has 2 heterocycles. The van der Waals surface area contributed by atoms with Gasteiger partial charge in [0.1, 0.15) is 10.8 Å². The molecule has 4 rings (SSSR count). The van der Waals surface area contributed by atoms with E-state index in [1.54, 1.807) is 30.3 Å². The molecule has 1 saturated heterocycles. The summed E-state index contributed by atoms with van der Waals surface area (Å²) in [6.45, 7) is 4.83. The Morgan fingerprint density at radius 2 is 1.86 bits per heavy atom. The van der Waals surface area contributed by atoms with Crippen molar-refractivity contribution in [2.45, 2.75) is 0 Å². The van der Waals surface area contributed by atoms with Crippen LogP contribution in [-0.2, 0) is 4.79 Å². The highest BCUT2D eigenvalue weighted by Gasteiger charge is 2.14. The maximum atomic E-state index is 12.1. The van der Waals surface area contributed by atoms with E-state index in [1.165, 1.54) is 18.0 Å². The number of amides is 1. The second-order valence-corrected chi connectivity index (χ2v) is 9.50. The Bertz CT molecular complexity index is 1230. The summed E-state index contributed by atoms with van der Waals surface area (Å²) in [5.41, 5.74) is 2.65. The number of anilines is 4. The minimum Gasteiger partial charge on any atom is -0.437 e. The Morgan fingerprint density at radius 1 is 1.11 bits per heavy atom. The normalized spacial score (nSPS) is 14.2. The lowest BCUT2D eigenvalue weighted by Gasteiger charge is -2.34. The monoisotopic (exact) mass is 521 g/mol. The second kappa shape index (κ2) is 12.5. The van der Waals surface area contributed by atoms with Gasteiger partial charge in [-0.1, -0.05) is 23.7 Å². The van der Waals surface area contributed by atoms with Crippen LogP contribution in [0.5, 0.6) is 11.6 Å². The maximum absolute atomic E-state index is 12.1. The first-order valence-corrected chi connectivity index (χ1v) is 12.5. The standard InChI is InChI=1S/C27H32ClN7O2/c1-33(2)13-5-8-25(36)30-21-6-4-7-23(18-21)37-26-24(28)19-29-27(32-26)31-20-9-11-22(12-10-20)35-16-14-34(3)15-17-35/h4-12,18-19H,13-17H2,1-3H3,(H,30,36)(H,29,31,32). The van der Waals surface area contributed by atoms with Gasteiger partial charge in [0.25, 0.3) is 0 Å². The molecule has 10 heteroatoms. The van der Waals surface area contributed by atoms with Crippen molar-refractivity contribution in [2.75, 3.05) is 69.4 Å². The average Bonchev–Trinajstić information content (AvgIpc) is 2.87. The Labute approximate surface area is 222 Å². The van der Waals surface area contributed by atoms with Crippen molar-refractivity contribution < 1.29 is 9.53 Å². The molecule has 0 radical (unpaired) electrons. The van der Waals surface area contributed by atoms with Gasteiger partial charge in [-0.2, -0.15) is 4.98 Å². The van der Waals surface area contributed by atoms with Gasteiger partial charge in [0, 0.05) is 61.9 Å². The lowest BCUT2D eigenvalue weighted by molar-refractivity contribution is -0.111. The minimum atomic E-state index is -0.218. The minimum absolute atomic E-state index is 0.211. The first-order valence-electron chi connectivity index (χ1n) is 12.1. The number of piperazine rings is 1. The highest BCUT2D eigenvalue weighted by molar-refractivity contribution is 6.31. The summed E-state index contributed by atoms with van der Waals surface area (Å²) in [6, 6.07) is 15.2. The van der Waals surface area contributed by atoms with E-state index in [2.05, 4.69) is 49.6 Å². The number of carbonyl (C=O) groups is 1. The zero-order valence-corrected chi connectivity index (χ0v) is 22.1. The fourth-order valence-corrected chi connectivity index (χ4v) is 3.87. The van der Waals surface area contributed by atoms with Crippen LogP contribution in [0.4, 0.5) is 23.0 Å². The van der Waals surface area contributed by atoms with Crippen molar-refractivity contribution in [3.8, 4) is 11.6 Å². The SMILES string of the molecule is CN(C)CC=CC(=O)Nc1cccc(Oc2nc(Nc3ccc(N4CCN(C)CC4)cc3)ncc2Cl)c1. The van der Waals surface area contributed by atoms with Crippen LogP contribution in [0, 0.1) is 0 Å². The van der Waals surface area contributed by atoms with Gasteiger partial charge in [-0.05, 0) is 57.5 Å². The number of rotatable bonds is 9. The van der Waals surface area contributed by atoms with E-state index in [-0.39, 0.29) is 16.8 Å².